The summed E-state index contributed by atoms with van der Waals surface area (Å²) in [7, 11) is 0. The Bertz CT molecular complexity index is 868. The third kappa shape index (κ3) is 7.19. The molecule has 172 valence electrons. The predicted molar refractivity (Wildman–Crippen MR) is 131 cm³/mol. The van der Waals surface area contributed by atoms with Crippen molar-refractivity contribution in [3.05, 3.63) is 45.6 Å². The standard InChI is InChI=1S/C21H30N6O2.2ClH/c1-4-6-7-16-13-20(26-11-10-18(14-26)22-5-2)25-21(23-16)24-17-9-8-15(3)19(12-17)27(28)29;;/h8-9,12-13,18,22H,4-7,10-11,14H2,1-3H3,(H,23,24,25);2*1H. The molecule has 1 aliphatic heterocycles. The number of anilines is 3. The van der Waals surface area contributed by atoms with Crippen LogP contribution in [0, 0.1) is 17.0 Å². The van der Waals surface area contributed by atoms with Crippen LogP contribution in [0.5, 0.6) is 0 Å². The van der Waals surface area contributed by atoms with E-state index in [1.165, 1.54) is 6.07 Å². The van der Waals surface area contributed by atoms with Gasteiger partial charge < -0.3 is 15.5 Å². The van der Waals surface area contributed by atoms with Crippen LogP contribution in [0.1, 0.15) is 44.4 Å². The molecule has 0 spiro atoms. The summed E-state index contributed by atoms with van der Waals surface area (Å²) in [6.45, 7) is 8.86. The molecule has 1 aromatic carbocycles. The van der Waals surface area contributed by atoms with Crippen LogP contribution in [0.25, 0.3) is 0 Å². The van der Waals surface area contributed by atoms with Crippen LogP contribution in [0.4, 0.5) is 23.1 Å². The first-order valence-electron chi connectivity index (χ1n) is 10.4. The molecule has 0 radical (unpaired) electrons. The van der Waals surface area contributed by atoms with E-state index in [2.05, 4.69) is 40.4 Å². The first-order valence-corrected chi connectivity index (χ1v) is 10.4. The number of hydrogen-bond donors (Lipinski definition) is 2. The molecule has 1 saturated heterocycles. The molecule has 1 fully saturated rings. The molecule has 0 amide bonds. The second-order valence-corrected chi connectivity index (χ2v) is 7.52. The zero-order valence-electron chi connectivity index (χ0n) is 18.3. The van der Waals surface area contributed by atoms with Crippen LogP contribution in [0.3, 0.4) is 0 Å². The average molecular weight is 471 g/mol. The molecule has 2 aromatic rings. The van der Waals surface area contributed by atoms with Gasteiger partial charge in [0.15, 0.2) is 0 Å². The SMILES string of the molecule is CCCCc1cc(N2CCC(NCC)C2)nc(Nc2ccc(C)c([N+](=O)[O-])c2)n1.Cl.Cl. The van der Waals surface area contributed by atoms with Gasteiger partial charge in [-0.15, -0.1) is 24.8 Å². The maximum Gasteiger partial charge on any atom is 0.274 e. The van der Waals surface area contributed by atoms with Gasteiger partial charge in [-0.3, -0.25) is 10.1 Å². The Balaban J connectivity index is 0.00000240. The largest absolute Gasteiger partial charge is 0.355 e. The highest BCUT2D eigenvalue weighted by Crippen LogP contribution is 2.26. The van der Waals surface area contributed by atoms with Crippen molar-refractivity contribution in [3.63, 3.8) is 0 Å². The predicted octanol–water partition coefficient (Wildman–Crippen LogP) is 4.81. The van der Waals surface area contributed by atoms with E-state index in [0.717, 1.165) is 56.8 Å². The first-order chi connectivity index (χ1) is 14.0. The van der Waals surface area contributed by atoms with Crippen molar-refractivity contribution in [1.82, 2.24) is 15.3 Å². The Kier molecular flexibility index (Phi) is 11.0. The van der Waals surface area contributed by atoms with Gasteiger partial charge in [-0.25, -0.2) is 4.98 Å². The van der Waals surface area contributed by atoms with Gasteiger partial charge in [0.25, 0.3) is 5.69 Å². The van der Waals surface area contributed by atoms with Gasteiger partial charge in [-0.05, 0) is 38.8 Å². The molecule has 2 heterocycles. The van der Waals surface area contributed by atoms with E-state index in [1.54, 1.807) is 13.0 Å². The number of aryl methyl sites for hydroxylation is 2. The van der Waals surface area contributed by atoms with Crippen molar-refractivity contribution in [2.24, 2.45) is 0 Å². The van der Waals surface area contributed by atoms with Crippen molar-refractivity contribution in [2.45, 2.75) is 52.5 Å². The van der Waals surface area contributed by atoms with Gasteiger partial charge in [0.2, 0.25) is 5.95 Å². The van der Waals surface area contributed by atoms with Crippen LogP contribution >= 0.6 is 24.8 Å². The van der Waals surface area contributed by atoms with E-state index < -0.39 is 0 Å². The molecule has 3 rings (SSSR count). The molecule has 1 unspecified atom stereocenters. The Morgan fingerprint density at radius 3 is 2.68 bits per heavy atom. The molecule has 1 aliphatic rings. The van der Waals surface area contributed by atoms with Gasteiger partial charge >= 0.3 is 0 Å². The zero-order chi connectivity index (χ0) is 20.8. The Morgan fingerprint density at radius 1 is 1.23 bits per heavy atom. The Hall–Kier alpha value is -2.16. The third-order valence-corrected chi connectivity index (χ3v) is 5.22. The molecule has 31 heavy (non-hydrogen) atoms. The molecule has 2 N–H and O–H groups in total. The molecule has 0 aliphatic carbocycles. The lowest BCUT2D eigenvalue weighted by Gasteiger charge is -2.19. The average Bonchev–Trinajstić information content (AvgIpc) is 3.16. The van der Waals surface area contributed by atoms with Gasteiger partial charge in [-0.2, -0.15) is 4.98 Å². The monoisotopic (exact) mass is 470 g/mol. The highest BCUT2D eigenvalue weighted by molar-refractivity contribution is 5.85. The maximum absolute atomic E-state index is 11.2. The van der Waals surface area contributed by atoms with Gasteiger partial charge in [-0.1, -0.05) is 26.3 Å². The van der Waals surface area contributed by atoms with Crippen molar-refractivity contribution >= 4 is 48.0 Å². The van der Waals surface area contributed by atoms with Crippen LogP contribution in [0.2, 0.25) is 0 Å². The van der Waals surface area contributed by atoms with Crippen LogP contribution < -0.4 is 15.5 Å². The van der Waals surface area contributed by atoms with E-state index in [1.807, 2.05) is 6.07 Å². The summed E-state index contributed by atoms with van der Waals surface area (Å²) in [6.07, 6.45) is 4.14. The number of benzene rings is 1. The quantitative estimate of drug-likeness (QED) is 0.400. The number of halogens is 2. The van der Waals surface area contributed by atoms with E-state index in [0.29, 0.717) is 23.2 Å². The van der Waals surface area contributed by atoms with Crippen LogP contribution in [0.15, 0.2) is 24.3 Å². The summed E-state index contributed by atoms with van der Waals surface area (Å²) in [4.78, 5) is 22.5. The van der Waals surface area contributed by atoms with Crippen molar-refractivity contribution in [2.75, 3.05) is 29.9 Å². The van der Waals surface area contributed by atoms with Crippen molar-refractivity contribution < 1.29 is 4.92 Å². The number of nitrogens with zero attached hydrogens (tertiary/aromatic N) is 4. The fourth-order valence-corrected chi connectivity index (χ4v) is 3.62. The smallest absolute Gasteiger partial charge is 0.274 e. The van der Waals surface area contributed by atoms with E-state index in [-0.39, 0.29) is 35.4 Å². The van der Waals surface area contributed by atoms with E-state index >= 15 is 0 Å². The summed E-state index contributed by atoms with van der Waals surface area (Å²) in [6, 6.07) is 7.65. The molecular weight excluding hydrogens is 439 g/mol. The Morgan fingerprint density at radius 2 is 2.00 bits per heavy atom. The van der Waals surface area contributed by atoms with Crippen molar-refractivity contribution in [1.29, 1.82) is 0 Å². The first kappa shape index (κ1) is 26.9. The summed E-state index contributed by atoms with van der Waals surface area (Å²) in [5, 5.41) is 17.9. The lowest BCUT2D eigenvalue weighted by Crippen LogP contribution is -2.32. The molecule has 8 nitrogen and oxygen atoms in total. The fourth-order valence-electron chi connectivity index (χ4n) is 3.62. The highest BCUT2D eigenvalue weighted by Gasteiger charge is 2.23. The number of nitro groups is 1. The number of nitrogens with one attached hydrogen (secondary N) is 2. The summed E-state index contributed by atoms with van der Waals surface area (Å²) in [5.74, 6) is 1.40. The lowest BCUT2D eigenvalue weighted by atomic mass is 10.2. The second-order valence-electron chi connectivity index (χ2n) is 7.52. The molecular formula is C21H32Cl2N6O2. The molecule has 10 heteroatoms. The number of likely N-dealkylation sites (N-methyl/N-ethyl adjacent to an activating group) is 1. The molecule has 0 saturated carbocycles. The number of aromatic nitrogens is 2. The zero-order valence-corrected chi connectivity index (χ0v) is 19.9. The van der Waals surface area contributed by atoms with E-state index in [4.69, 9.17) is 4.98 Å². The van der Waals surface area contributed by atoms with E-state index in [9.17, 15) is 10.1 Å². The normalized spacial score (nSPS) is 15.2. The van der Waals surface area contributed by atoms with Gasteiger partial charge in [0.05, 0.1) is 4.92 Å². The lowest BCUT2D eigenvalue weighted by molar-refractivity contribution is -0.385. The summed E-state index contributed by atoms with van der Waals surface area (Å²) < 4.78 is 0. The topological polar surface area (TPSA) is 96.2 Å². The number of nitro benzene ring substituents is 1. The van der Waals surface area contributed by atoms with Gasteiger partial charge in [0, 0.05) is 48.2 Å². The summed E-state index contributed by atoms with van der Waals surface area (Å²) >= 11 is 0. The van der Waals surface area contributed by atoms with Crippen LogP contribution in [-0.4, -0.2) is 40.6 Å². The second kappa shape index (κ2) is 12.6. The maximum atomic E-state index is 11.2. The third-order valence-electron chi connectivity index (χ3n) is 5.22. The summed E-state index contributed by atoms with van der Waals surface area (Å²) in [5.41, 5.74) is 2.33. The van der Waals surface area contributed by atoms with Crippen molar-refractivity contribution in [3.8, 4) is 0 Å². The molecule has 0 bridgehead atoms. The minimum atomic E-state index is -0.366. The molecule has 1 aromatic heterocycles. The highest BCUT2D eigenvalue weighted by atomic mass is 35.5. The fraction of sp³-hybridized carbons (Fsp3) is 0.524. The number of rotatable bonds is 9. The van der Waals surface area contributed by atoms with Gasteiger partial charge in [0.1, 0.15) is 5.82 Å². The Labute approximate surface area is 196 Å². The minimum absolute atomic E-state index is 0. The van der Waals surface area contributed by atoms with Crippen LogP contribution in [-0.2, 0) is 6.42 Å². The minimum Gasteiger partial charge on any atom is -0.355 e. The number of hydrogen-bond acceptors (Lipinski definition) is 7. The number of unbranched alkanes of at least 4 members (excludes halogenated alkanes) is 1. The molecule has 1 atom stereocenters.